The molecule has 1 aliphatic rings. The molecule has 15 heavy (non-hydrogen) atoms. The van der Waals surface area contributed by atoms with E-state index in [2.05, 4.69) is 51.2 Å². The molecular weight excluding hydrogens is 182 g/mol. The number of nitrogens with one attached hydrogen (secondary N) is 1. The molecule has 0 unspecified atom stereocenters. The number of benzene rings is 1. The zero-order chi connectivity index (χ0) is 11.1. The van der Waals surface area contributed by atoms with Crippen LogP contribution in [0.2, 0.25) is 0 Å². The van der Waals surface area contributed by atoms with E-state index < -0.39 is 0 Å². The van der Waals surface area contributed by atoms with Crippen molar-refractivity contribution >= 4 is 0 Å². The molecule has 0 aromatic heterocycles. The normalized spacial score (nSPS) is 21.2. The second-order valence-corrected chi connectivity index (χ2v) is 5.55. The number of hydrogen-bond acceptors (Lipinski definition) is 1. The molecule has 0 aliphatic carbocycles. The third kappa shape index (κ3) is 1.93. The second kappa shape index (κ2) is 3.64. The first kappa shape index (κ1) is 10.7. The van der Waals surface area contributed by atoms with E-state index >= 15 is 0 Å². The van der Waals surface area contributed by atoms with Gasteiger partial charge in [-0.3, -0.25) is 0 Å². The summed E-state index contributed by atoms with van der Waals surface area (Å²) in [4.78, 5) is 0. The quantitative estimate of drug-likeness (QED) is 0.683. The predicted octanol–water partition coefficient (Wildman–Crippen LogP) is 3.19. The van der Waals surface area contributed by atoms with Crippen molar-refractivity contribution in [2.45, 2.75) is 45.6 Å². The molecular formula is C14H21N. The molecule has 1 aromatic rings. The molecule has 0 saturated carbocycles. The monoisotopic (exact) mass is 203 g/mol. The molecule has 0 saturated heterocycles. The van der Waals surface area contributed by atoms with Gasteiger partial charge in [-0.2, -0.15) is 0 Å². The Balaban J connectivity index is 2.57. The van der Waals surface area contributed by atoms with Crippen molar-refractivity contribution < 1.29 is 0 Å². The van der Waals surface area contributed by atoms with Crippen LogP contribution in [0.3, 0.4) is 0 Å². The van der Waals surface area contributed by atoms with E-state index in [0.717, 1.165) is 6.54 Å². The third-order valence-corrected chi connectivity index (χ3v) is 3.28. The van der Waals surface area contributed by atoms with Gasteiger partial charge in [0.2, 0.25) is 0 Å². The van der Waals surface area contributed by atoms with Gasteiger partial charge in [-0.15, -0.1) is 0 Å². The highest BCUT2D eigenvalue weighted by Gasteiger charge is 2.24. The Kier molecular flexibility index (Phi) is 2.59. The Labute approximate surface area is 92.9 Å². The van der Waals surface area contributed by atoms with Gasteiger partial charge in [0.15, 0.2) is 0 Å². The molecule has 2 rings (SSSR count). The van der Waals surface area contributed by atoms with Gasteiger partial charge >= 0.3 is 0 Å². The van der Waals surface area contributed by atoms with Gasteiger partial charge in [-0.05, 0) is 42.0 Å². The van der Waals surface area contributed by atoms with Crippen LogP contribution in [-0.2, 0) is 11.8 Å². The molecule has 0 spiro atoms. The molecule has 1 nitrogen and oxygen atoms in total. The minimum Gasteiger partial charge on any atom is -0.310 e. The fraction of sp³-hybridized carbons (Fsp3) is 0.571. The number of rotatable bonds is 0. The van der Waals surface area contributed by atoms with Crippen molar-refractivity contribution in [2.24, 2.45) is 0 Å². The summed E-state index contributed by atoms with van der Waals surface area (Å²) >= 11 is 0. The first-order valence-electron chi connectivity index (χ1n) is 5.86. The summed E-state index contributed by atoms with van der Waals surface area (Å²) in [5.74, 6) is 0. The average Bonchev–Trinajstić information content (AvgIpc) is 2.16. The molecule has 1 N–H and O–H groups in total. The molecule has 0 fully saturated rings. The SMILES string of the molecule is C[C@@H]1NCCc2cccc(C(C)(C)C)c21. The van der Waals surface area contributed by atoms with E-state index in [9.17, 15) is 0 Å². The van der Waals surface area contributed by atoms with Crippen molar-refractivity contribution in [2.75, 3.05) is 6.54 Å². The zero-order valence-corrected chi connectivity index (χ0v) is 10.2. The van der Waals surface area contributed by atoms with Crippen LogP contribution in [0.15, 0.2) is 18.2 Å². The highest BCUT2D eigenvalue weighted by molar-refractivity contribution is 5.42. The molecule has 1 heteroatoms. The molecule has 0 bridgehead atoms. The molecule has 1 aliphatic heterocycles. The summed E-state index contributed by atoms with van der Waals surface area (Å²) in [5, 5.41) is 3.55. The Morgan fingerprint density at radius 1 is 1.27 bits per heavy atom. The van der Waals surface area contributed by atoms with Crippen LogP contribution in [0.25, 0.3) is 0 Å². The van der Waals surface area contributed by atoms with E-state index in [4.69, 9.17) is 0 Å². The van der Waals surface area contributed by atoms with Crippen molar-refractivity contribution in [3.8, 4) is 0 Å². The zero-order valence-electron chi connectivity index (χ0n) is 10.2. The van der Waals surface area contributed by atoms with Gasteiger partial charge in [0, 0.05) is 6.04 Å². The second-order valence-electron chi connectivity index (χ2n) is 5.55. The lowest BCUT2D eigenvalue weighted by molar-refractivity contribution is 0.508. The van der Waals surface area contributed by atoms with Gasteiger partial charge < -0.3 is 5.32 Å². The lowest BCUT2D eigenvalue weighted by Gasteiger charge is -2.31. The fourth-order valence-corrected chi connectivity index (χ4v) is 2.52. The topological polar surface area (TPSA) is 12.0 Å². The lowest BCUT2D eigenvalue weighted by atomic mass is 9.78. The van der Waals surface area contributed by atoms with Gasteiger partial charge in [-0.1, -0.05) is 39.0 Å². The molecule has 82 valence electrons. The molecule has 1 heterocycles. The van der Waals surface area contributed by atoms with Crippen LogP contribution in [0.4, 0.5) is 0 Å². The van der Waals surface area contributed by atoms with E-state index in [1.54, 1.807) is 0 Å². The van der Waals surface area contributed by atoms with Gasteiger partial charge in [0.25, 0.3) is 0 Å². The van der Waals surface area contributed by atoms with Crippen LogP contribution in [0.5, 0.6) is 0 Å². The third-order valence-electron chi connectivity index (χ3n) is 3.28. The molecule has 1 aromatic carbocycles. The van der Waals surface area contributed by atoms with Gasteiger partial charge in [-0.25, -0.2) is 0 Å². The molecule has 0 radical (unpaired) electrons. The van der Waals surface area contributed by atoms with Crippen LogP contribution >= 0.6 is 0 Å². The summed E-state index contributed by atoms with van der Waals surface area (Å²) in [5.41, 5.74) is 4.82. The van der Waals surface area contributed by atoms with Crippen LogP contribution < -0.4 is 5.32 Å². The van der Waals surface area contributed by atoms with Gasteiger partial charge in [0.05, 0.1) is 0 Å². The van der Waals surface area contributed by atoms with Crippen LogP contribution in [0.1, 0.15) is 50.4 Å². The Morgan fingerprint density at radius 3 is 2.67 bits per heavy atom. The maximum atomic E-state index is 3.55. The summed E-state index contributed by atoms with van der Waals surface area (Å²) in [7, 11) is 0. The summed E-state index contributed by atoms with van der Waals surface area (Å²) in [6.45, 7) is 10.3. The van der Waals surface area contributed by atoms with Crippen molar-refractivity contribution in [3.05, 3.63) is 34.9 Å². The summed E-state index contributed by atoms with van der Waals surface area (Å²) in [6.07, 6.45) is 1.17. The van der Waals surface area contributed by atoms with Crippen LogP contribution in [0, 0.1) is 0 Å². The van der Waals surface area contributed by atoms with E-state index in [-0.39, 0.29) is 5.41 Å². The van der Waals surface area contributed by atoms with Crippen molar-refractivity contribution in [1.29, 1.82) is 0 Å². The molecule has 0 amide bonds. The number of hydrogen-bond donors (Lipinski definition) is 1. The lowest BCUT2D eigenvalue weighted by Crippen LogP contribution is -2.31. The smallest absolute Gasteiger partial charge is 0.0297 e. The Bertz CT molecular complexity index is 360. The van der Waals surface area contributed by atoms with E-state index in [1.807, 2.05) is 0 Å². The maximum Gasteiger partial charge on any atom is 0.0297 e. The largest absolute Gasteiger partial charge is 0.310 e. The first-order valence-corrected chi connectivity index (χ1v) is 5.86. The number of fused-ring (bicyclic) bond motifs is 1. The molecule has 1 atom stereocenters. The predicted molar refractivity (Wildman–Crippen MR) is 65.3 cm³/mol. The standard InChI is InChI=1S/C14H21N/c1-10-13-11(8-9-15-10)6-5-7-12(13)14(2,3)4/h5-7,10,15H,8-9H2,1-4H3/t10-/m0/s1. The average molecular weight is 203 g/mol. The van der Waals surface area contributed by atoms with Crippen LogP contribution in [-0.4, -0.2) is 6.54 Å². The Hall–Kier alpha value is -0.820. The van der Waals surface area contributed by atoms with E-state index in [0.29, 0.717) is 6.04 Å². The fourth-order valence-electron chi connectivity index (χ4n) is 2.52. The minimum atomic E-state index is 0.249. The highest BCUT2D eigenvalue weighted by Crippen LogP contribution is 2.33. The van der Waals surface area contributed by atoms with E-state index in [1.165, 1.54) is 23.1 Å². The first-order chi connectivity index (χ1) is 7.00. The van der Waals surface area contributed by atoms with Crippen molar-refractivity contribution in [3.63, 3.8) is 0 Å². The minimum absolute atomic E-state index is 0.249. The maximum absolute atomic E-state index is 3.55. The van der Waals surface area contributed by atoms with Crippen molar-refractivity contribution in [1.82, 2.24) is 5.32 Å². The summed E-state index contributed by atoms with van der Waals surface area (Å²) < 4.78 is 0. The Morgan fingerprint density at radius 2 is 2.00 bits per heavy atom. The van der Waals surface area contributed by atoms with Gasteiger partial charge in [0.1, 0.15) is 0 Å². The highest BCUT2D eigenvalue weighted by atomic mass is 14.9. The summed E-state index contributed by atoms with van der Waals surface area (Å²) in [6, 6.07) is 7.27.